The van der Waals surface area contributed by atoms with Gasteiger partial charge in [-0.1, -0.05) is 30.7 Å². The summed E-state index contributed by atoms with van der Waals surface area (Å²) in [6.45, 7) is 9.96. The second-order valence-electron chi connectivity index (χ2n) is 9.64. The van der Waals surface area contributed by atoms with Gasteiger partial charge in [0.25, 0.3) is 0 Å². The fourth-order valence-electron chi connectivity index (χ4n) is 4.62. The Balaban J connectivity index is 1.39. The molecule has 0 spiro atoms. The summed E-state index contributed by atoms with van der Waals surface area (Å²) < 4.78 is 13.2. The maximum absolute atomic E-state index is 13.3. The van der Waals surface area contributed by atoms with Crippen LogP contribution in [0.25, 0.3) is 5.00 Å². The summed E-state index contributed by atoms with van der Waals surface area (Å²) in [6.07, 6.45) is 1.09. The molecule has 0 radical (unpaired) electrons. The number of halogens is 1. The number of ether oxygens (including phenoxy) is 2. The summed E-state index contributed by atoms with van der Waals surface area (Å²) in [4.78, 5) is 19.6. The lowest BCUT2D eigenvalue weighted by Crippen LogP contribution is -2.17. The highest BCUT2D eigenvalue weighted by atomic mass is 35.5. The van der Waals surface area contributed by atoms with Crippen molar-refractivity contribution in [2.24, 2.45) is 4.99 Å². The lowest BCUT2D eigenvalue weighted by molar-refractivity contribution is -0.116. The summed E-state index contributed by atoms with van der Waals surface area (Å²) in [6, 6.07) is 14.4. The van der Waals surface area contributed by atoms with Crippen LogP contribution in [0.2, 0.25) is 5.02 Å². The number of thiophene rings is 1. The highest BCUT2D eigenvalue weighted by molar-refractivity contribution is 7.15. The quantitative estimate of drug-likeness (QED) is 0.214. The van der Waals surface area contributed by atoms with E-state index >= 15 is 0 Å². The van der Waals surface area contributed by atoms with Crippen LogP contribution in [0.1, 0.15) is 59.0 Å². The molecular weight excluding hydrogens is 546 g/mol. The molecule has 0 saturated heterocycles. The summed E-state index contributed by atoms with van der Waals surface area (Å²) >= 11 is 7.88. The van der Waals surface area contributed by atoms with E-state index in [2.05, 4.69) is 36.3 Å². The van der Waals surface area contributed by atoms with Gasteiger partial charge in [-0.15, -0.1) is 21.5 Å². The van der Waals surface area contributed by atoms with Gasteiger partial charge < -0.3 is 14.8 Å². The third-order valence-corrected chi connectivity index (χ3v) is 8.16. The average molecular weight is 578 g/mol. The highest BCUT2D eigenvalue weighted by Gasteiger charge is 2.32. The number of aliphatic imine (C=N–C) groups is 1. The van der Waals surface area contributed by atoms with Gasteiger partial charge in [0, 0.05) is 33.3 Å². The van der Waals surface area contributed by atoms with E-state index in [-0.39, 0.29) is 12.3 Å². The fourth-order valence-corrected chi connectivity index (χ4v) is 5.96. The molecule has 0 saturated carbocycles. The molecule has 1 N–H and O–H groups in total. The first kappa shape index (κ1) is 28.0. The first-order valence-electron chi connectivity index (χ1n) is 13.3. The number of amides is 1. The van der Waals surface area contributed by atoms with E-state index in [1.54, 1.807) is 11.3 Å². The molecule has 208 valence electrons. The van der Waals surface area contributed by atoms with Gasteiger partial charge in [-0.2, -0.15) is 0 Å². The maximum atomic E-state index is 13.3. The average Bonchev–Trinajstić information content (AvgIpc) is 3.42. The molecule has 8 nitrogen and oxygen atoms in total. The van der Waals surface area contributed by atoms with Crippen LogP contribution in [-0.2, 0) is 9.53 Å². The van der Waals surface area contributed by atoms with Crippen LogP contribution in [0.3, 0.4) is 0 Å². The smallest absolute Gasteiger partial charge is 0.227 e. The Morgan fingerprint density at radius 2 is 1.77 bits per heavy atom. The zero-order chi connectivity index (χ0) is 28.2. The van der Waals surface area contributed by atoms with Crippen molar-refractivity contribution in [1.29, 1.82) is 0 Å². The monoisotopic (exact) mass is 577 g/mol. The molecule has 0 aliphatic carbocycles. The predicted octanol–water partition coefficient (Wildman–Crippen LogP) is 6.63. The van der Waals surface area contributed by atoms with Crippen LogP contribution in [0.15, 0.2) is 53.5 Å². The van der Waals surface area contributed by atoms with E-state index in [9.17, 15) is 4.79 Å². The number of aryl methyl sites for hydroxylation is 2. The van der Waals surface area contributed by atoms with Gasteiger partial charge in [0.05, 0.1) is 18.7 Å². The van der Waals surface area contributed by atoms with Gasteiger partial charge in [0.15, 0.2) is 5.82 Å². The van der Waals surface area contributed by atoms with E-state index in [1.165, 1.54) is 4.88 Å². The van der Waals surface area contributed by atoms with Crippen LogP contribution in [-0.4, -0.2) is 46.2 Å². The van der Waals surface area contributed by atoms with Crippen molar-refractivity contribution in [2.45, 2.75) is 46.6 Å². The Morgan fingerprint density at radius 1 is 1.02 bits per heavy atom. The number of aromatic nitrogens is 3. The normalized spacial score (nSPS) is 14.2. The summed E-state index contributed by atoms with van der Waals surface area (Å²) in [5.41, 5.74) is 4.62. The molecule has 4 aromatic rings. The van der Waals surface area contributed by atoms with Crippen LogP contribution in [0.5, 0.6) is 5.75 Å². The topological polar surface area (TPSA) is 90.6 Å². The SMILES string of the molecule is CCCOCCOc1ccc(NC(=O)C[C@@H]2N=C(c3ccc(Cl)cc3)c3c(sc(C)c3C)-n3c(C)nnc32)cc1. The van der Waals surface area contributed by atoms with Crippen molar-refractivity contribution in [3.05, 3.63) is 86.8 Å². The molecule has 0 bridgehead atoms. The number of rotatable bonds is 10. The minimum Gasteiger partial charge on any atom is -0.491 e. The molecule has 40 heavy (non-hydrogen) atoms. The lowest BCUT2D eigenvalue weighted by atomic mass is 9.99. The van der Waals surface area contributed by atoms with Crippen molar-refractivity contribution in [3.63, 3.8) is 0 Å². The molecule has 0 fully saturated rings. The molecule has 10 heteroatoms. The third kappa shape index (κ3) is 5.96. The van der Waals surface area contributed by atoms with Crippen LogP contribution < -0.4 is 10.1 Å². The highest BCUT2D eigenvalue weighted by Crippen LogP contribution is 2.39. The molecule has 1 amide bonds. The number of benzene rings is 2. The molecule has 1 aliphatic rings. The molecule has 1 aliphatic heterocycles. The van der Waals surface area contributed by atoms with Crippen molar-refractivity contribution < 1.29 is 14.3 Å². The van der Waals surface area contributed by atoms with Crippen molar-refractivity contribution in [3.8, 4) is 10.8 Å². The predicted molar refractivity (Wildman–Crippen MR) is 160 cm³/mol. The molecule has 3 heterocycles. The van der Waals surface area contributed by atoms with Crippen LogP contribution in [0, 0.1) is 20.8 Å². The number of hydrogen-bond donors (Lipinski definition) is 1. The van der Waals surface area contributed by atoms with Crippen molar-refractivity contribution >= 4 is 40.2 Å². The standard InChI is InChI=1S/C30H32ClN5O3S/c1-5-14-38-15-16-39-24-12-10-23(11-13-24)32-26(37)17-25-29-35-34-20(4)36(29)30-27(18(2)19(3)40-30)28(33-25)21-6-8-22(31)9-7-21/h6-13,25H,5,14-17H2,1-4H3,(H,32,37)/t25-/m0/s1. The van der Waals surface area contributed by atoms with Crippen molar-refractivity contribution in [2.75, 3.05) is 25.1 Å². The molecular formula is C30H32ClN5O3S. The van der Waals surface area contributed by atoms with Crippen LogP contribution in [0.4, 0.5) is 5.69 Å². The zero-order valence-corrected chi connectivity index (χ0v) is 24.6. The minimum absolute atomic E-state index is 0.106. The first-order valence-corrected chi connectivity index (χ1v) is 14.5. The molecule has 1 atom stereocenters. The van der Waals surface area contributed by atoms with Crippen molar-refractivity contribution in [1.82, 2.24) is 14.8 Å². The Morgan fingerprint density at radius 3 is 2.50 bits per heavy atom. The van der Waals surface area contributed by atoms with Gasteiger partial charge in [-0.3, -0.25) is 14.4 Å². The second kappa shape index (κ2) is 12.3. The van der Waals surface area contributed by atoms with Gasteiger partial charge in [0.2, 0.25) is 5.91 Å². The number of nitrogens with one attached hydrogen (secondary N) is 1. The zero-order valence-electron chi connectivity index (χ0n) is 23.0. The number of fused-ring (bicyclic) bond motifs is 3. The number of hydrogen-bond acceptors (Lipinski definition) is 7. The third-order valence-electron chi connectivity index (χ3n) is 6.72. The first-order chi connectivity index (χ1) is 19.4. The number of nitrogens with zero attached hydrogens (tertiary/aromatic N) is 4. The molecule has 2 aromatic heterocycles. The molecule has 0 unspecified atom stereocenters. The van der Waals surface area contributed by atoms with Gasteiger partial charge in [0.1, 0.15) is 29.2 Å². The van der Waals surface area contributed by atoms with Crippen LogP contribution >= 0.6 is 22.9 Å². The van der Waals surface area contributed by atoms with E-state index < -0.39 is 6.04 Å². The summed E-state index contributed by atoms with van der Waals surface area (Å²) in [7, 11) is 0. The summed E-state index contributed by atoms with van der Waals surface area (Å²) in [5.74, 6) is 1.95. The Hall–Kier alpha value is -3.53. The Kier molecular flexibility index (Phi) is 8.63. The lowest BCUT2D eigenvalue weighted by Gasteiger charge is -2.13. The summed E-state index contributed by atoms with van der Waals surface area (Å²) in [5, 5.41) is 13.5. The molecule has 2 aromatic carbocycles. The Labute approximate surface area is 243 Å². The maximum Gasteiger partial charge on any atom is 0.227 e. The number of anilines is 1. The van der Waals surface area contributed by atoms with Gasteiger partial charge >= 0.3 is 0 Å². The molecule has 5 rings (SSSR count). The second-order valence-corrected chi connectivity index (χ2v) is 11.3. The number of carbonyl (C=O) groups excluding carboxylic acids is 1. The van der Waals surface area contributed by atoms with Gasteiger partial charge in [-0.05, 0) is 69.2 Å². The van der Waals surface area contributed by atoms with E-state index in [0.29, 0.717) is 29.7 Å². The number of carbonyl (C=O) groups is 1. The van der Waals surface area contributed by atoms with E-state index in [0.717, 1.165) is 52.0 Å². The Bertz CT molecular complexity index is 1530. The van der Waals surface area contributed by atoms with Gasteiger partial charge in [-0.25, -0.2) is 0 Å². The fraction of sp³-hybridized carbons (Fsp3) is 0.333. The van der Waals surface area contributed by atoms with E-state index in [4.69, 9.17) is 26.1 Å². The largest absolute Gasteiger partial charge is 0.491 e. The van der Waals surface area contributed by atoms with E-state index in [1.807, 2.05) is 60.0 Å². The minimum atomic E-state index is -0.531.